The maximum Gasteiger partial charge on any atom is 0.245 e. The molecule has 1 unspecified atom stereocenters. The van der Waals surface area contributed by atoms with Crippen LogP contribution in [-0.2, 0) is 15.3 Å². The van der Waals surface area contributed by atoms with Crippen LogP contribution in [0.5, 0.6) is 0 Å². The van der Waals surface area contributed by atoms with E-state index in [1.54, 1.807) is 11.8 Å². The third-order valence-electron chi connectivity index (χ3n) is 4.91. The molecule has 0 radical (unpaired) electrons. The zero-order valence-electron chi connectivity index (χ0n) is 14.5. The molecule has 136 valence electrons. The summed E-state index contributed by atoms with van der Waals surface area (Å²) in [5.74, 6) is 1.41. The summed E-state index contributed by atoms with van der Waals surface area (Å²) in [6.07, 6.45) is 5.00. The number of hydrogen-bond donors (Lipinski definition) is 0. The molecule has 0 saturated carbocycles. The van der Waals surface area contributed by atoms with Gasteiger partial charge < -0.3 is 9.80 Å². The fourth-order valence-electron chi connectivity index (χ4n) is 3.60. The predicted molar refractivity (Wildman–Crippen MR) is 103 cm³/mol. The highest BCUT2D eigenvalue weighted by molar-refractivity contribution is 7.99. The van der Waals surface area contributed by atoms with Crippen LogP contribution in [0.25, 0.3) is 0 Å². The summed E-state index contributed by atoms with van der Waals surface area (Å²) in [7, 11) is 0. The van der Waals surface area contributed by atoms with Crippen molar-refractivity contribution < 1.29 is 9.59 Å². The topological polar surface area (TPSA) is 40.6 Å². The van der Waals surface area contributed by atoms with Crippen molar-refractivity contribution in [3.05, 3.63) is 34.9 Å². The monoisotopic (exact) mass is 380 g/mol. The van der Waals surface area contributed by atoms with E-state index in [-0.39, 0.29) is 17.9 Å². The minimum Gasteiger partial charge on any atom is -0.341 e. The van der Waals surface area contributed by atoms with Gasteiger partial charge in [0.25, 0.3) is 0 Å². The highest BCUT2D eigenvalue weighted by atomic mass is 35.5. The predicted octanol–water partition coefficient (Wildman–Crippen LogP) is 3.58. The van der Waals surface area contributed by atoms with Crippen LogP contribution >= 0.6 is 23.4 Å². The maximum absolute atomic E-state index is 12.8. The van der Waals surface area contributed by atoms with Crippen LogP contribution in [0.15, 0.2) is 24.3 Å². The fourth-order valence-corrected chi connectivity index (χ4v) is 4.67. The van der Waals surface area contributed by atoms with Crippen LogP contribution < -0.4 is 0 Å². The maximum atomic E-state index is 12.8. The minimum atomic E-state index is -0.244. The summed E-state index contributed by atoms with van der Waals surface area (Å²) in [6.45, 7) is 2.41. The number of carbonyl (C=O) groups is 2. The van der Waals surface area contributed by atoms with Gasteiger partial charge in [-0.2, -0.15) is 0 Å². The van der Waals surface area contributed by atoms with Gasteiger partial charge in [-0.3, -0.25) is 9.59 Å². The molecule has 2 saturated heterocycles. The Hall–Kier alpha value is -1.20. The largest absolute Gasteiger partial charge is 0.341 e. The Bertz CT molecular complexity index is 619. The second-order valence-corrected chi connectivity index (χ2v) is 8.18. The summed E-state index contributed by atoms with van der Waals surface area (Å²) < 4.78 is 0. The number of amides is 2. The van der Waals surface area contributed by atoms with Gasteiger partial charge in [0.1, 0.15) is 6.04 Å². The Balaban J connectivity index is 1.54. The van der Waals surface area contributed by atoms with Crippen LogP contribution in [0.3, 0.4) is 0 Å². The zero-order chi connectivity index (χ0) is 17.6. The van der Waals surface area contributed by atoms with Crippen molar-refractivity contribution in [2.45, 2.75) is 43.9 Å². The lowest BCUT2D eigenvalue weighted by Gasteiger charge is -2.36. The molecule has 2 aliphatic rings. The number of likely N-dealkylation sites (tertiary alicyclic amines) is 2. The lowest BCUT2D eigenvalue weighted by atomic mass is 10.0. The molecular weight excluding hydrogens is 356 g/mol. The van der Waals surface area contributed by atoms with Gasteiger partial charge in [0, 0.05) is 30.4 Å². The van der Waals surface area contributed by atoms with E-state index in [9.17, 15) is 9.59 Å². The number of nitrogens with zero attached hydrogens (tertiary/aromatic N) is 2. The quantitative estimate of drug-likeness (QED) is 0.783. The molecule has 0 spiro atoms. The normalized spacial score (nSPS) is 20.8. The number of rotatable bonds is 5. The third-order valence-corrected chi connectivity index (χ3v) is 6.13. The lowest BCUT2D eigenvalue weighted by Crippen LogP contribution is -2.53. The van der Waals surface area contributed by atoms with Crippen molar-refractivity contribution in [1.29, 1.82) is 0 Å². The molecule has 1 aromatic rings. The summed E-state index contributed by atoms with van der Waals surface area (Å²) in [4.78, 5) is 29.2. The molecule has 6 heteroatoms. The van der Waals surface area contributed by atoms with Gasteiger partial charge >= 0.3 is 0 Å². The van der Waals surface area contributed by atoms with E-state index in [0.29, 0.717) is 12.3 Å². The van der Waals surface area contributed by atoms with Crippen molar-refractivity contribution in [3.8, 4) is 0 Å². The molecule has 2 amide bonds. The van der Waals surface area contributed by atoms with Crippen molar-refractivity contribution in [2.75, 3.05) is 25.4 Å². The Morgan fingerprint density at radius 2 is 1.88 bits per heavy atom. The van der Waals surface area contributed by atoms with Gasteiger partial charge in [0.2, 0.25) is 11.8 Å². The first kappa shape index (κ1) is 18.6. The van der Waals surface area contributed by atoms with E-state index in [2.05, 4.69) is 0 Å². The standard InChI is InChI=1S/C19H25ClN2O2S/c20-16-7-5-6-15(12-16)13-25-14-18(23)22-11-2-1-8-17(22)19(24)21-9-3-4-10-21/h5-7,12,17H,1-4,8-11,13-14H2. The molecule has 2 fully saturated rings. The van der Waals surface area contributed by atoms with Crippen LogP contribution in [0.4, 0.5) is 0 Å². The first-order valence-corrected chi connectivity index (χ1v) is 10.6. The van der Waals surface area contributed by atoms with Crippen LogP contribution in [0, 0.1) is 0 Å². The summed E-state index contributed by atoms with van der Waals surface area (Å²) in [6, 6.07) is 7.48. The molecule has 2 aliphatic heterocycles. The molecule has 25 heavy (non-hydrogen) atoms. The number of piperidine rings is 1. The van der Waals surface area contributed by atoms with Gasteiger partial charge in [0.15, 0.2) is 0 Å². The van der Waals surface area contributed by atoms with Crippen molar-refractivity contribution in [2.24, 2.45) is 0 Å². The first-order chi connectivity index (χ1) is 12.1. The van der Waals surface area contributed by atoms with E-state index in [1.807, 2.05) is 34.1 Å². The second kappa shape index (κ2) is 8.95. The molecular formula is C19H25ClN2O2S. The molecule has 0 aromatic heterocycles. The molecule has 2 heterocycles. The van der Waals surface area contributed by atoms with Crippen molar-refractivity contribution >= 4 is 35.2 Å². The first-order valence-electron chi connectivity index (χ1n) is 9.05. The highest BCUT2D eigenvalue weighted by Crippen LogP contribution is 2.23. The molecule has 0 bridgehead atoms. The minimum absolute atomic E-state index is 0.0873. The van der Waals surface area contributed by atoms with Gasteiger partial charge in [-0.1, -0.05) is 23.7 Å². The van der Waals surface area contributed by atoms with E-state index in [0.717, 1.165) is 61.5 Å². The summed E-state index contributed by atoms with van der Waals surface area (Å²) in [5, 5.41) is 0.719. The molecule has 0 aliphatic carbocycles. The Morgan fingerprint density at radius 1 is 1.12 bits per heavy atom. The molecule has 0 N–H and O–H groups in total. The van der Waals surface area contributed by atoms with E-state index < -0.39 is 0 Å². The smallest absolute Gasteiger partial charge is 0.245 e. The molecule has 4 nitrogen and oxygen atoms in total. The van der Waals surface area contributed by atoms with Crippen LogP contribution in [0.1, 0.15) is 37.7 Å². The van der Waals surface area contributed by atoms with Gasteiger partial charge in [-0.25, -0.2) is 0 Å². The molecule has 3 rings (SSSR count). The zero-order valence-corrected chi connectivity index (χ0v) is 16.0. The SMILES string of the molecule is O=C(C1CCCCN1C(=O)CSCc1cccc(Cl)c1)N1CCCC1. The van der Waals surface area contributed by atoms with Gasteiger partial charge in [0.05, 0.1) is 5.75 Å². The van der Waals surface area contributed by atoms with Crippen molar-refractivity contribution in [3.63, 3.8) is 0 Å². The Kier molecular flexibility index (Phi) is 6.65. The number of hydrogen-bond acceptors (Lipinski definition) is 3. The number of halogens is 1. The average Bonchev–Trinajstić information content (AvgIpc) is 3.16. The van der Waals surface area contributed by atoms with Gasteiger partial charge in [-0.15, -0.1) is 11.8 Å². The van der Waals surface area contributed by atoms with E-state index in [4.69, 9.17) is 11.6 Å². The van der Waals surface area contributed by atoms with E-state index in [1.165, 1.54) is 0 Å². The van der Waals surface area contributed by atoms with Crippen LogP contribution in [-0.4, -0.2) is 53.0 Å². The number of carbonyl (C=O) groups excluding carboxylic acids is 2. The second-order valence-electron chi connectivity index (χ2n) is 6.75. The van der Waals surface area contributed by atoms with Crippen LogP contribution in [0.2, 0.25) is 5.02 Å². The average molecular weight is 381 g/mol. The third kappa shape index (κ3) is 4.91. The number of thioether (sulfide) groups is 1. The Labute approximate surface area is 158 Å². The summed E-state index contributed by atoms with van der Waals surface area (Å²) in [5.41, 5.74) is 1.12. The fraction of sp³-hybridized carbons (Fsp3) is 0.579. The number of benzene rings is 1. The Morgan fingerprint density at radius 3 is 2.64 bits per heavy atom. The molecule has 1 atom stereocenters. The lowest BCUT2D eigenvalue weighted by molar-refractivity contribution is -0.145. The molecule has 1 aromatic carbocycles. The van der Waals surface area contributed by atoms with Crippen molar-refractivity contribution in [1.82, 2.24) is 9.80 Å². The van der Waals surface area contributed by atoms with Gasteiger partial charge in [-0.05, 0) is 49.8 Å². The summed E-state index contributed by atoms with van der Waals surface area (Å²) >= 11 is 7.59. The highest BCUT2D eigenvalue weighted by Gasteiger charge is 2.35. The van der Waals surface area contributed by atoms with E-state index >= 15 is 0 Å².